The number of hydrogen-bond donors (Lipinski definition) is 1. The molecule has 114 valence electrons. The molecule has 4 nitrogen and oxygen atoms in total. The molecule has 1 rings (SSSR count). The molecule has 4 heteroatoms. The molecule has 0 saturated heterocycles. The van der Waals surface area contributed by atoms with Gasteiger partial charge in [-0.1, -0.05) is 26.3 Å². The van der Waals surface area contributed by atoms with E-state index in [0.717, 1.165) is 12.2 Å². The molecule has 2 atom stereocenters. The highest BCUT2D eigenvalue weighted by Gasteiger charge is 2.11. The predicted octanol–water partition coefficient (Wildman–Crippen LogP) is 3.16. The quantitative estimate of drug-likeness (QED) is 0.755. The topological polar surface area (TPSA) is 53.7 Å². The third kappa shape index (κ3) is 5.02. The average Bonchev–Trinajstić information content (AvgIpc) is 2.46. The lowest BCUT2D eigenvalue weighted by Crippen LogP contribution is -2.19. The van der Waals surface area contributed by atoms with Gasteiger partial charge in [-0.3, -0.25) is 0 Å². The van der Waals surface area contributed by atoms with Gasteiger partial charge in [0.25, 0.3) is 0 Å². The van der Waals surface area contributed by atoms with Gasteiger partial charge in [-0.05, 0) is 30.0 Å². The van der Waals surface area contributed by atoms with Gasteiger partial charge in [-0.2, -0.15) is 0 Å². The first-order valence-corrected chi connectivity index (χ1v) is 7.17. The van der Waals surface area contributed by atoms with Crippen LogP contribution >= 0.6 is 0 Å². The molecule has 0 aliphatic carbocycles. The lowest BCUT2D eigenvalue weighted by Gasteiger charge is -2.17. The summed E-state index contributed by atoms with van der Waals surface area (Å²) in [6.45, 7) is 5.66. The SMILES string of the molecule is CCCC(C)COCC(N)c1ccc(OC)c(OC)c1. The van der Waals surface area contributed by atoms with Gasteiger partial charge < -0.3 is 19.9 Å². The van der Waals surface area contributed by atoms with Crippen LogP contribution < -0.4 is 15.2 Å². The van der Waals surface area contributed by atoms with Gasteiger partial charge in [0.1, 0.15) is 0 Å². The molecule has 0 aliphatic rings. The highest BCUT2D eigenvalue weighted by atomic mass is 16.5. The first kappa shape index (κ1) is 16.8. The summed E-state index contributed by atoms with van der Waals surface area (Å²) in [6, 6.07) is 5.57. The summed E-state index contributed by atoms with van der Waals surface area (Å²) in [5.74, 6) is 1.98. The minimum Gasteiger partial charge on any atom is -0.493 e. The van der Waals surface area contributed by atoms with Crippen molar-refractivity contribution in [3.63, 3.8) is 0 Å². The van der Waals surface area contributed by atoms with Crippen LogP contribution in [0.1, 0.15) is 38.3 Å². The van der Waals surface area contributed by atoms with Crippen LogP contribution in [-0.2, 0) is 4.74 Å². The second-order valence-corrected chi connectivity index (χ2v) is 5.15. The number of hydrogen-bond acceptors (Lipinski definition) is 4. The van der Waals surface area contributed by atoms with Crippen molar-refractivity contribution in [3.05, 3.63) is 23.8 Å². The van der Waals surface area contributed by atoms with E-state index in [1.165, 1.54) is 12.8 Å². The lowest BCUT2D eigenvalue weighted by atomic mass is 10.1. The van der Waals surface area contributed by atoms with Crippen molar-refractivity contribution in [2.45, 2.75) is 32.7 Å². The molecule has 0 radical (unpaired) electrons. The standard InChI is InChI=1S/C16H27NO3/c1-5-6-12(2)10-20-11-14(17)13-7-8-15(18-3)16(9-13)19-4/h7-9,12,14H,5-6,10-11,17H2,1-4H3. The summed E-state index contributed by atoms with van der Waals surface area (Å²) in [5, 5.41) is 0. The van der Waals surface area contributed by atoms with E-state index in [0.29, 0.717) is 24.0 Å². The number of nitrogens with two attached hydrogens (primary N) is 1. The molecule has 1 aromatic carbocycles. The minimum absolute atomic E-state index is 0.149. The Balaban J connectivity index is 2.52. The third-order valence-electron chi connectivity index (χ3n) is 3.32. The van der Waals surface area contributed by atoms with E-state index in [1.54, 1.807) is 14.2 Å². The van der Waals surface area contributed by atoms with E-state index < -0.39 is 0 Å². The van der Waals surface area contributed by atoms with Crippen LogP contribution in [0.3, 0.4) is 0 Å². The van der Waals surface area contributed by atoms with Gasteiger partial charge in [0, 0.05) is 6.61 Å². The highest BCUT2D eigenvalue weighted by Crippen LogP contribution is 2.29. The molecule has 0 aromatic heterocycles. The smallest absolute Gasteiger partial charge is 0.161 e. The minimum atomic E-state index is -0.149. The van der Waals surface area contributed by atoms with Crippen molar-refractivity contribution in [1.29, 1.82) is 0 Å². The van der Waals surface area contributed by atoms with Crippen molar-refractivity contribution < 1.29 is 14.2 Å². The van der Waals surface area contributed by atoms with E-state index in [2.05, 4.69) is 13.8 Å². The average molecular weight is 281 g/mol. The second-order valence-electron chi connectivity index (χ2n) is 5.15. The Morgan fingerprint density at radius 1 is 1.10 bits per heavy atom. The fourth-order valence-corrected chi connectivity index (χ4v) is 2.15. The molecule has 0 heterocycles. The molecule has 0 bridgehead atoms. The molecular formula is C16H27NO3. The van der Waals surface area contributed by atoms with E-state index in [-0.39, 0.29) is 6.04 Å². The fraction of sp³-hybridized carbons (Fsp3) is 0.625. The summed E-state index contributed by atoms with van der Waals surface area (Å²) in [4.78, 5) is 0. The van der Waals surface area contributed by atoms with Gasteiger partial charge in [0.15, 0.2) is 11.5 Å². The number of ether oxygens (including phenoxy) is 3. The zero-order valence-corrected chi connectivity index (χ0v) is 13.0. The Hall–Kier alpha value is -1.26. The van der Waals surface area contributed by atoms with Crippen LogP contribution in [-0.4, -0.2) is 27.4 Å². The van der Waals surface area contributed by atoms with Gasteiger partial charge in [0.2, 0.25) is 0 Å². The number of methoxy groups -OCH3 is 2. The van der Waals surface area contributed by atoms with Crippen molar-refractivity contribution >= 4 is 0 Å². The molecule has 0 spiro atoms. The van der Waals surface area contributed by atoms with Gasteiger partial charge in [-0.25, -0.2) is 0 Å². The van der Waals surface area contributed by atoms with Gasteiger partial charge in [-0.15, -0.1) is 0 Å². The number of rotatable bonds is 9. The molecule has 0 amide bonds. The Kier molecular flexibility index (Phi) is 7.41. The molecule has 2 N–H and O–H groups in total. The summed E-state index contributed by atoms with van der Waals surface area (Å²) in [6.07, 6.45) is 2.37. The zero-order chi connectivity index (χ0) is 15.0. The normalized spacial score (nSPS) is 13.8. The maximum atomic E-state index is 6.15. The molecule has 0 saturated carbocycles. The predicted molar refractivity (Wildman–Crippen MR) is 81.4 cm³/mol. The van der Waals surface area contributed by atoms with Gasteiger partial charge in [0.05, 0.1) is 26.9 Å². The number of benzene rings is 1. The fourth-order valence-electron chi connectivity index (χ4n) is 2.15. The van der Waals surface area contributed by atoms with Crippen molar-refractivity contribution in [1.82, 2.24) is 0 Å². The molecule has 1 aromatic rings. The van der Waals surface area contributed by atoms with Crippen LogP contribution in [0, 0.1) is 5.92 Å². The van der Waals surface area contributed by atoms with Crippen molar-refractivity contribution in [3.8, 4) is 11.5 Å². The third-order valence-corrected chi connectivity index (χ3v) is 3.32. The first-order valence-electron chi connectivity index (χ1n) is 7.17. The lowest BCUT2D eigenvalue weighted by molar-refractivity contribution is 0.0908. The van der Waals surface area contributed by atoms with Crippen LogP contribution in [0.15, 0.2) is 18.2 Å². The molecule has 0 fully saturated rings. The maximum absolute atomic E-state index is 6.15. The maximum Gasteiger partial charge on any atom is 0.161 e. The Labute approximate surface area is 122 Å². The van der Waals surface area contributed by atoms with Crippen LogP contribution in [0.4, 0.5) is 0 Å². The Morgan fingerprint density at radius 2 is 1.80 bits per heavy atom. The zero-order valence-electron chi connectivity index (χ0n) is 13.0. The molecule has 2 unspecified atom stereocenters. The van der Waals surface area contributed by atoms with Crippen LogP contribution in [0.2, 0.25) is 0 Å². The molecule has 0 aliphatic heterocycles. The van der Waals surface area contributed by atoms with Gasteiger partial charge >= 0.3 is 0 Å². The molecular weight excluding hydrogens is 254 g/mol. The van der Waals surface area contributed by atoms with Crippen LogP contribution in [0.5, 0.6) is 11.5 Å². The molecule has 20 heavy (non-hydrogen) atoms. The Bertz CT molecular complexity index is 395. The summed E-state index contributed by atoms with van der Waals surface area (Å²) in [7, 11) is 3.24. The van der Waals surface area contributed by atoms with E-state index in [4.69, 9.17) is 19.9 Å². The van der Waals surface area contributed by atoms with E-state index in [9.17, 15) is 0 Å². The van der Waals surface area contributed by atoms with E-state index >= 15 is 0 Å². The van der Waals surface area contributed by atoms with Crippen molar-refractivity contribution in [2.24, 2.45) is 11.7 Å². The Morgan fingerprint density at radius 3 is 2.40 bits per heavy atom. The van der Waals surface area contributed by atoms with Crippen molar-refractivity contribution in [2.75, 3.05) is 27.4 Å². The monoisotopic (exact) mass is 281 g/mol. The largest absolute Gasteiger partial charge is 0.493 e. The first-order chi connectivity index (χ1) is 9.62. The highest BCUT2D eigenvalue weighted by molar-refractivity contribution is 5.43. The summed E-state index contributed by atoms with van der Waals surface area (Å²) >= 11 is 0. The second kappa shape index (κ2) is 8.82. The van der Waals surface area contributed by atoms with Crippen LogP contribution in [0.25, 0.3) is 0 Å². The summed E-state index contributed by atoms with van der Waals surface area (Å²) < 4.78 is 16.2. The summed E-state index contributed by atoms with van der Waals surface area (Å²) in [5.41, 5.74) is 7.14. The van der Waals surface area contributed by atoms with E-state index in [1.807, 2.05) is 18.2 Å².